The molecule has 0 saturated heterocycles. The lowest BCUT2D eigenvalue weighted by atomic mass is 10.1. The highest BCUT2D eigenvalue weighted by atomic mass is 35.5. The zero-order chi connectivity index (χ0) is 17.8. The van der Waals surface area contributed by atoms with Gasteiger partial charge in [0.05, 0.1) is 10.9 Å². The second-order valence-corrected chi connectivity index (χ2v) is 6.03. The summed E-state index contributed by atoms with van der Waals surface area (Å²) < 4.78 is 0. The Morgan fingerprint density at radius 1 is 1.28 bits per heavy atom. The predicted molar refractivity (Wildman–Crippen MR) is 101 cm³/mol. The van der Waals surface area contributed by atoms with Gasteiger partial charge in [-0.3, -0.25) is 10.4 Å². The highest BCUT2D eigenvalue weighted by Crippen LogP contribution is 2.29. The van der Waals surface area contributed by atoms with Crippen LogP contribution in [0.15, 0.2) is 36.4 Å². The Bertz CT molecular complexity index is 838. The van der Waals surface area contributed by atoms with Gasteiger partial charge in [-0.25, -0.2) is 4.98 Å². The Kier molecular flexibility index (Phi) is 5.37. The summed E-state index contributed by atoms with van der Waals surface area (Å²) in [5, 5.41) is 27.5. The van der Waals surface area contributed by atoms with Crippen molar-refractivity contribution in [1.29, 1.82) is 0 Å². The molecule has 3 aromatic rings. The molecule has 2 aromatic heterocycles. The molecule has 1 unspecified atom stereocenters. The molecule has 3 rings (SSSR count). The average molecular weight is 361 g/mol. The zero-order valence-corrected chi connectivity index (χ0v) is 14.8. The summed E-state index contributed by atoms with van der Waals surface area (Å²) in [5.41, 5.74) is 1.82. The largest absolute Gasteiger partial charge is 0.368 e. The van der Waals surface area contributed by atoms with E-state index in [1.807, 2.05) is 44.2 Å². The number of H-pyrrole nitrogens is 1. The molecule has 0 spiro atoms. The van der Waals surface area contributed by atoms with E-state index in [0.717, 1.165) is 23.0 Å². The van der Waals surface area contributed by atoms with Gasteiger partial charge in [0.1, 0.15) is 11.0 Å². The minimum absolute atomic E-state index is 0.0320. The lowest BCUT2D eigenvalue weighted by Gasteiger charge is -2.20. The summed E-state index contributed by atoms with van der Waals surface area (Å²) in [5.74, 6) is 1.11. The van der Waals surface area contributed by atoms with Gasteiger partial charge in [-0.2, -0.15) is 5.10 Å². The highest BCUT2D eigenvalue weighted by molar-refractivity contribution is 6.35. The first-order valence-electron chi connectivity index (χ1n) is 8.12. The Morgan fingerprint density at radius 3 is 2.76 bits per heavy atom. The van der Waals surface area contributed by atoms with Gasteiger partial charge in [0.2, 0.25) is 0 Å². The van der Waals surface area contributed by atoms with E-state index in [1.54, 1.807) is 6.07 Å². The summed E-state index contributed by atoms with van der Waals surface area (Å²) in [6, 6.07) is 11.6. The van der Waals surface area contributed by atoms with E-state index in [-0.39, 0.29) is 6.04 Å². The third-order valence-electron chi connectivity index (χ3n) is 3.84. The third-order valence-corrected chi connectivity index (χ3v) is 4.11. The fourth-order valence-corrected chi connectivity index (χ4v) is 2.91. The number of anilines is 2. The first-order valence-corrected chi connectivity index (χ1v) is 8.50. The number of nitrogens with one attached hydrogen (secondary N) is 4. The second-order valence-electron chi connectivity index (χ2n) is 5.67. The molecule has 0 radical (unpaired) electrons. The fourth-order valence-electron chi connectivity index (χ4n) is 2.63. The molecular formula is C17H21ClN6O. The molecule has 0 saturated carbocycles. The van der Waals surface area contributed by atoms with Crippen molar-refractivity contribution in [1.82, 2.24) is 20.5 Å². The first-order chi connectivity index (χ1) is 12.1. The van der Waals surface area contributed by atoms with Crippen LogP contribution in [0.25, 0.3) is 10.9 Å². The second kappa shape index (κ2) is 7.69. The first kappa shape index (κ1) is 17.5. The number of aliphatic hydroxyl groups is 1. The van der Waals surface area contributed by atoms with E-state index in [2.05, 4.69) is 31.1 Å². The molecule has 25 heavy (non-hydrogen) atoms. The van der Waals surface area contributed by atoms with Crippen molar-refractivity contribution in [3.63, 3.8) is 0 Å². The van der Waals surface area contributed by atoms with Gasteiger partial charge in [-0.05, 0) is 19.4 Å². The van der Waals surface area contributed by atoms with Crippen LogP contribution in [-0.2, 0) is 0 Å². The van der Waals surface area contributed by atoms with E-state index in [4.69, 9.17) is 11.6 Å². The molecule has 2 heterocycles. The van der Waals surface area contributed by atoms with Crippen molar-refractivity contribution in [2.75, 3.05) is 17.2 Å². The smallest absolute Gasteiger partial charge is 0.183 e. The Morgan fingerprint density at radius 2 is 2.04 bits per heavy atom. The molecule has 0 amide bonds. The maximum Gasteiger partial charge on any atom is 0.183 e. The van der Waals surface area contributed by atoms with Crippen LogP contribution < -0.4 is 16.0 Å². The van der Waals surface area contributed by atoms with Crippen LogP contribution in [0.5, 0.6) is 0 Å². The van der Waals surface area contributed by atoms with Gasteiger partial charge >= 0.3 is 0 Å². The van der Waals surface area contributed by atoms with Crippen LogP contribution in [0.1, 0.15) is 25.5 Å². The van der Waals surface area contributed by atoms with Crippen molar-refractivity contribution in [2.24, 2.45) is 0 Å². The summed E-state index contributed by atoms with van der Waals surface area (Å²) in [7, 11) is 0. The van der Waals surface area contributed by atoms with Gasteiger partial charge in [-0.1, -0.05) is 41.9 Å². The molecule has 0 aliphatic rings. The minimum Gasteiger partial charge on any atom is -0.368 e. The lowest BCUT2D eigenvalue weighted by Crippen LogP contribution is -2.37. The molecule has 2 atom stereocenters. The van der Waals surface area contributed by atoms with E-state index in [0.29, 0.717) is 16.8 Å². The molecule has 5 N–H and O–H groups in total. The van der Waals surface area contributed by atoms with Crippen molar-refractivity contribution in [3.8, 4) is 0 Å². The lowest BCUT2D eigenvalue weighted by molar-refractivity contribution is 0.151. The fraction of sp³-hybridized carbons (Fsp3) is 0.294. The normalized spacial score (nSPS) is 13.6. The SMILES string of the molecule is CCNc1n[nH]c2cc(NC(O)N[C@H](C)c3ccccc3)nc(Cl)c12. The number of pyridine rings is 1. The summed E-state index contributed by atoms with van der Waals surface area (Å²) >= 11 is 6.28. The van der Waals surface area contributed by atoms with Crippen molar-refractivity contribution in [3.05, 3.63) is 47.1 Å². The minimum atomic E-state index is -0.979. The van der Waals surface area contributed by atoms with Crippen LogP contribution >= 0.6 is 11.6 Å². The number of aromatic nitrogens is 3. The Labute approximate surface area is 150 Å². The van der Waals surface area contributed by atoms with Crippen molar-refractivity contribution < 1.29 is 5.11 Å². The topological polar surface area (TPSA) is 97.9 Å². The number of hydrogen-bond donors (Lipinski definition) is 5. The summed E-state index contributed by atoms with van der Waals surface area (Å²) in [6.45, 7) is 4.69. The number of aromatic amines is 1. The standard InChI is InChI=1S/C17H21ClN6O/c1-3-19-16-14-12(23-24-16)9-13(21-15(14)18)22-17(25)20-10(2)11-7-5-4-6-8-11/h4-10,17,20,25H,3H2,1-2H3,(H,21,22)(H2,19,23,24)/t10-,17?/m1/s1. The van der Waals surface area contributed by atoms with Crippen LogP contribution in [-0.4, -0.2) is 33.2 Å². The summed E-state index contributed by atoms with van der Waals surface area (Å²) in [4.78, 5) is 4.29. The number of rotatable bonds is 7. The monoisotopic (exact) mass is 360 g/mol. The van der Waals surface area contributed by atoms with E-state index < -0.39 is 6.35 Å². The quantitative estimate of drug-likeness (QED) is 0.328. The maximum atomic E-state index is 10.2. The molecule has 0 bridgehead atoms. The van der Waals surface area contributed by atoms with Crippen LogP contribution in [0.4, 0.5) is 11.6 Å². The van der Waals surface area contributed by atoms with Crippen LogP contribution in [0.3, 0.4) is 0 Å². The van der Waals surface area contributed by atoms with Gasteiger partial charge < -0.3 is 15.7 Å². The number of nitrogens with zero attached hydrogens (tertiary/aromatic N) is 2. The van der Waals surface area contributed by atoms with E-state index >= 15 is 0 Å². The molecule has 132 valence electrons. The maximum absolute atomic E-state index is 10.2. The average Bonchev–Trinajstić information content (AvgIpc) is 2.99. The number of halogens is 1. The molecule has 0 aliphatic heterocycles. The molecule has 8 heteroatoms. The molecule has 0 fully saturated rings. The van der Waals surface area contributed by atoms with Gasteiger partial charge in [0, 0.05) is 18.7 Å². The zero-order valence-electron chi connectivity index (χ0n) is 14.0. The van der Waals surface area contributed by atoms with Gasteiger partial charge in [0.25, 0.3) is 0 Å². The number of hydrogen-bond acceptors (Lipinski definition) is 6. The van der Waals surface area contributed by atoms with Crippen LogP contribution in [0, 0.1) is 0 Å². The van der Waals surface area contributed by atoms with Gasteiger partial charge in [0.15, 0.2) is 12.2 Å². The Balaban J connectivity index is 1.72. The van der Waals surface area contributed by atoms with E-state index in [1.165, 1.54) is 0 Å². The number of benzene rings is 1. The highest BCUT2D eigenvalue weighted by Gasteiger charge is 2.15. The van der Waals surface area contributed by atoms with Gasteiger partial charge in [-0.15, -0.1) is 0 Å². The third kappa shape index (κ3) is 4.01. The van der Waals surface area contributed by atoms with Crippen molar-refractivity contribution in [2.45, 2.75) is 26.2 Å². The predicted octanol–water partition coefficient (Wildman–Crippen LogP) is 3.08. The number of aliphatic hydroxyl groups excluding tert-OH is 1. The van der Waals surface area contributed by atoms with E-state index in [9.17, 15) is 5.11 Å². The molecule has 7 nitrogen and oxygen atoms in total. The Hall–Kier alpha value is -2.35. The summed E-state index contributed by atoms with van der Waals surface area (Å²) in [6.07, 6.45) is -0.979. The van der Waals surface area contributed by atoms with Crippen LogP contribution in [0.2, 0.25) is 5.15 Å². The number of fused-ring (bicyclic) bond motifs is 1. The van der Waals surface area contributed by atoms with Crippen molar-refractivity contribution >= 4 is 34.1 Å². The molecular weight excluding hydrogens is 340 g/mol. The molecule has 1 aromatic carbocycles. The molecule has 0 aliphatic carbocycles.